The molecule has 1 aliphatic heterocycles. The standard InChI is InChI=1S/C15H19N3O/c1-19-14-7-3-2-5-12(14)13-6-4-10-18(13)11-15-16-8-9-17-15/h2-3,5,7-9,13H,4,6,10-11H2,1H3,(H,16,17)/t13-/m1/s1. The number of rotatable bonds is 4. The molecule has 0 radical (unpaired) electrons. The first-order valence-corrected chi connectivity index (χ1v) is 6.73. The molecule has 4 nitrogen and oxygen atoms in total. The van der Waals surface area contributed by atoms with Crippen molar-refractivity contribution in [3.63, 3.8) is 0 Å². The van der Waals surface area contributed by atoms with E-state index in [0.717, 1.165) is 24.7 Å². The van der Waals surface area contributed by atoms with Crippen molar-refractivity contribution in [1.29, 1.82) is 0 Å². The number of benzene rings is 1. The van der Waals surface area contributed by atoms with E-state index in [1.165, 1.54) is 18.4 Å². The van der Waals surface area contributed by atoms with E-state index in [2.05, 4.69) is 27.0 Å². The lowest BCUT2D eigenvalue weighted by molar-refractivity contribution is 0.238. The maximum Gasteiger partial charge on any atom is 0.123 e. The highest BCUT2D eigenvalue weighted by molar-refractivity contribution is 5.36. The zero-order valence-electron chi connectivity index (χ0n) is 11.2. The molecule has 2 aromatic rings. The number of para-hydroxylation sites is 1. The molecule has 4 heteroatoms. The summed E-state index contributed by atoms with van der Waals surface area (Å²) in [5, 5.41) is 0. The molecule has 1 atom stereocenters. The number of aromatic amines is 1. The van der Waals surface area contributed by atoms with E-state index < -0.39 is 0 Å². The van der Waals surface area contributed by atoms with E-state index in [1.807, 2.05) is 24.5 Å². The second-order valence-corrected chi connectivity index (χ2v) is 4.91. The Morgan fingerprint density at radius 1 is 1.42 bits per heavy atom. The third-order valence-electron chi connectivity index (χ3n) is 3.77. The summed E-state index contributed by atoms with van der Waals surface area (Å²) in [5.41, 5.74) is 1.29. The average molecular weight is 257 g/mol. The zero-order chi connectivity index (χ0) is 13.1. The van der Waals surface area contributed by atoms with E-state index in [-0.39, 0.29) is 0 Å². The highest BCUT2D eigenvalue weighted by Gasteiger charge is 2.28. The summed E-state index contributed by atoms with van der Waals surface area (Å²) < 4.78 is 5.49. The Hall–Kier alpha value is -1.81. The lowest BCUT2D eigenvalue weighted by Crippen LogP contribution is -2.23. The summed E-state index contributed by atoms with van der Waals surface area (Å²) >= 11 is 0. The highest BCUT2D eigenvalue weighted by Crippen LogP contribution is 2.37. The second kappa shape index (κ2) is 5.45. The van der Waals surface area contributed by atoms with Gasteiger partial charge in [-0.05, 0) is 25.5 Å². The van der Waals surface area contributed by atoms with E-state index >= 15 is 0 Å². The molecule has 3 rings (SSSR count). The molecule has 1 aromatic carbocycles. The Bertz CT molecular complexity index is 524. The molecular formula is C15H19N3O. The molecule has 0 bridgehead atoms. The minimum atomic E-state index is 0.432. The number of nitrogens with zero attached hydrogens (tertiary/aromatic N) is 2. The van der Waals surface area contributed by atoms with Crippen LogP contribution in [0.15, 0.2) is 36.7 Å². The highest BCUT2D eigenvalue weighted by atomic mass is 16.5. The first kappa shape index (κ1) is 12.2. The van der Waals surface area contributed by atoms with Gasteiger partial charge in [0, 0.05) is 24.0 Å². The molecule has 1 aromatic heterocycles. The minimum Gasteiger partial charge on any atom is -0.496 e. The van der Waals surface area contributed by atoms with Gasteiger partial charge in [0.15, 0.2) is 0 Å². The monoisotopic (exact) mass is 257 g/mol. The van der Waals surface area contributed by atoms with E-state index in [4.69, 9.17) is 4.74 Å². The fourth-order valence-corrected chi connectivity index (χ4v) is 2.89. The molecular weight excluding hydrogens is 238 g/mol. The van der Waals surface area contributed by atoms with Crippen LogP contribution in [-0.2, 0) is 6.54 Å². The van der Waals surface area contributed by atoms with Crippen LogP contribution < -0.4 is 4.74 Å². The molecule has 100 valence electrons. The summed E-state index contributed by atoms with van der Waals surface area (Å²) in [4.78, 5) is 9.97. The van der Waals surface area contributed by atoms with Crippen LogP contribution in [0, 0.1) is 0 Å². The van der Waals surface area contributed by atoms with Crippen LogP contribution in [0.4, 0.5) is 0 Å². The molecule has 1 aliphatic rings. The van der Waals surface area contributed by atoms with Gasteiger partial charge in [0.1, 0.15) is 11.6 Å². The summed E-state index contributed by atoms with van der Waals surface area (Å²) in [6.07, 6.45) is 6.09. The number of hydrogen-bond acceptors (Lipinski definition) is 3. The van der Waals surface area contributed by atoms with E-state index in [1.54, 1.807) is 7.11 Å². The molecule has 0 aliphatic carbocycles. The van der Waals surface area contributed by atoms with E-state index in [9.17, 15) is 0 Å². The Morgan fingerprint density at radius 3 is 3.11 bits per heavy atom. The van der Waals surface area contributed by atoms with Gasteiger partial charge < -0.3 is 9.72 Å². The molecule has 0 unspecified atom stereocenters. The topological polar surface area (TPSA) is 41.1 Å². The van der Waals surface area contributed by atoms with Crippen LogP contribution >= 0.6 is 0 Å². The summed E-state index contributed by atoms with van der Waals surface area (Å²) in [7, 11) is 1.74. The fraction of sp³-hybridized carbons (Fsp3) is 0.400. The number of methoxy groups -OCH3 is 1. The fourth-order valence-electron chi connectivity index (χ4n) is 2.89. The van der Waals surface area contributed by atoms with Gasteiger partial charge in [-0.15, -0.1) is 0 Å². The number of likely N-dealkylation sites (tertiary alicyclic amines) is 1. The maximum atomic E-state index is 5.49. The Labute approximate surface area is 113 Å². The molecule has 19 heavy (non-hydrogen) atoms. The SMILES string of the molecule is COc1ccccc1[C@H]1CCCN1Cc1ncc[nH]1. The Kier molecular flexibility index (Phi) is 3.51. The number of aromatic nitrogens is 2. The predicted octanol–water partition coefficient (Wildman–Crippen LogP) is 2.76. The van der Waals surface area contributed by atoms with Gasteiger partial charge in [0.25, 0.3) is 0 Å². The molecule has 2 heterocycles. The third-order valence-corrected chi connectivity index (χ3v) is 3.77. The van der Waals surface area contributed by atoms with Gasteiger partial charge >= 0.3 is 0 Å². The van der Waals surface area contributed by atoms with E-state index in [0.29, 0.717) is 6.04 Å². The maximum absolute atomic E-state index is 5.49. The van der Waals surface area contributed by atoms with Crippen molar-refractivity contribution in [3.8, 4) is 5.75 Å². The minimum absolute atomic E-state index is 0.432. The van der Waals surface area contributed by atoms with Crippen LogP contribution in [0.2, 0.25) is 0 Å². The number of imidazole rings is 1. The molecule has 0 amide bonds. The zero-order valence-corrected chi connectivity index (χ0v) is 11.2. The molecule has 0 spiro atoms. The van der Waals surface area contributed by atoms with Crippen molar-refractivity contribution in [2.45, 2.75) is 25.4 Å². The normalized spacial score (nSPS) is 19.7. The van der Waals surface area contributed by atoms with Crippen LogP contribution in [0.25, 0.3) is 0 Å². The molecule has 1 fully saturated rings. The smallest absolute Gasteiger partial charge is 0.123 e. The predicted molar refractivity (Wildman–Crippen MR) is 74.0 cm³/mol. The van der Waals surface area contributed by atoms with Gasteiger partial charge in [0.2, 0.25) is 0 Å². The lowest BCUT2D eigenvalue weighted by Gasteiger charge is -2.25. The van der Waals surface area contributed by atoms with Gasteiger partial charge in [-0.25, -0.2) is 4.98 Å². The third kappa shape index (κ3) is 2.49. The quantitative estimate of drug-likeness (QED) is 0.915. The summed E-state index contributed by atoms with van der Waals surface area (Å²) in [6.45, 7) is 1.99. The molecule has 1 saturated heterocycles. The van der Waals surface area contributed by atoms with Crippen molar-refractivity contribution < 1.29 is 4.74 Å². The van der Waals surface area contributed by atoms with Crippen molar-refractivity contribution in [3.05, 3.63) is 48.0 Å². The van der Waals surface area contributed by atoms with Gasteiger partial charge in [-0.1, -0.05) is 18.2 Å². The van der Waals surface area contributed by atoms with Gasteiger partial charge in [-0.2, -0.15) is 0 Å². The number of ether oxygens (including phenoxy) is 1. The summed E-state index contributed by atoms with van der Waals surface area (Å²) in [6, 6.07) is 8.75. The van der Waals surface area contributed by atoms with Crippen molar-refractivity contribution in [2.75, 3.05) is 13.7 Å². The molecule has 1 N–H and O–H groups in total. The first-order valence-electron chi connectivity index (χ1n) is 6.73. The first-order chi connectivity index (χ1) is 9.38. The van der Waals surface area contributed by atoms with Crippen molar-refractivity contribution in [2.24, 2.45) is 0 Å². The Morgan fingerprint density at radius 2 is 2.32 bits per heavy atom. The van der Waals surface area contributed by atoms with Crippen LogP contribution in [0.5, 0.6) is 5.75 Å². The average Bonchev–Trinajstić information content (AvgIpc) is 3.11. The lowest BCUT2D eigenvalue weighted by atomic mass is 10.0. The Balaban J connectivity index is 1.82. The second-order valence-electron chi connectivity index (χ2n) is 4.91. The van der Waals surface area contributed by atoms with Gasteiger partial charge in [-0.3, -0.25) is 4.90 Å². The van der Waals surface area contributed by atoms with Crippen molar-refractivity contribution in [1.82, 2.24) is 14.9 Å². The van der Waals surface area contributed by atoms with Crippen molar-refractivity contribution >= 4 is 0 Å². The summed E-state index contributed by atoms with van der Waals surface area (Å²) in [5.74, 6) is 2.01. The molecule has 0 saturated carbocycles. The van der Waals surface area contributed by atoms with Crippen LogP contribution in [-0.4, -0.2) is 28.5 Å². The van der Waals surface area contributed by atoms with Crippen LogP contribution in [0.3, 0.4) is 0 Å². The number of H-pyrrole nitrogens is 1. The van der Waals surface area contributed by atoms with Crippen LogP contribution in [0.1, 0.15) is 30.3 Å². The van der Waals surface area contributed by atoms with Gasteiger partial charge in [0.05, 0.1) is 13.7 Å². The number of hydrogen-bond donors (Lipinski definition) is 1. The number of nitrogens with one attached hydrogen (secondary N) is 1. The largest absolute Gasteiger partial charge is 0.496 e.